The number of carbonyl (C=O) groups is 1. The summed E-state index contributed by atoms with van der Waals surface area (Å²) in [5, 5.41) is 4.22. The molecule has 106 valence electrons. The summed E-state index contributed by atoms with van der Waals surface area (Å²) in [6.45, 7) is 0.436. The van der Waals surface area contributed by atoms with Crippen LogP contribution in [0.1, 0.15) is 24.5 Å². The Labute approximate surface area is 110 Å². The van der Waals surface area contributed by atoms with Gasteiger partial charge in [0, 0.05) is 33.1 Å². The quantitative estimate of drug-likeness (QED) is 0.784. The predicted molar refractivity (Wildman–Crippen MR) is 67.5 cm³/mol. The van der Waals surface area contributed by atoms with Crippen molar-refractivity contribution < 1.29 is 13.6 Å². The second-order valence-corrected chi connectivity index (χ2v) is 5.15. The smallest absolute Gasteiger partial charge is 0.257 e. The van der Waals surface area contributed by atoms with Gasteiger partial charge in [-0.3, -0.25) is 0 Å². The topological polar surface area (TPSA) is 64.2 Å². The van der Waals surface area contributed by atoms with E-state index in [0.717, 1.165) is 5.82 Å². The molecule has 1 aliphatic carbocycles. The Balaban J connectivity index is 2.14. The average Bonchev–Trinajstić information content (AvgIpc) is 2.80. The van der Waals surface area contributed by atoms with Gasteiger partial charge in [0.05, 0.1) is 17.7 Å². The summed E-state index contributed by atoms with van der Waals surface area (Å²) in [7, 11) is 3.64. The number of aryl methyl sites for hydroxylation is 1. The first kappa shape index (κ1) is 13.9. The van der Waals surface area contributed by atoms with Crippen LogP contribution in [0.25, 0.3) is 0 Å². The van der Waals surface area contributed by atoms with Crippen LogP contribution in [-0.2, 0) is 11.3 Å². The van der Waals surface area contributed by atoms with Crippen molar-refractivity contribution in [2.24, 2.45) is 5.73 Å². The highest BCUT2D eigenvalue weighted by Crippen LogP contribution is 2.55. The van der Waals surface area contributed by atoms with E-state index in [4.69, 9.17) is 5.73 Å². The van der Waals surface area contributed by atoms with Crippen molar-refractivity contribution >= 4 is 12.1 Å². The molecule has 19 heavy (non-hydrogen) atoms. The minimum atomic E-state index is -2.62. The molecular formula is C12H18F2N4O. The van der Waals surface area contributed by atoms with Gasteiger partial charge >= 0.3 is 0 Å². The molecule has 5 nitrogen and oxygen atoms in total. The average molecular weight is 272 g/mol. The highest BCUT2D eigenvalue weighted by atomic mass is 19.3. The van der Waals surface area contributed by atoms with Gasteiger partial charge in [-0.25, -0.2) is 13.5 Å². The lowest BCUT2D eigenvalue weighted by atomic mass is 10.2. The third kappa shape index (κ3) is 2.91. The Morgan fingerprint density at radius 2 is 2.32 bits per heavy atom. The molecule has 0 saturated heterocycles. The second-order valence-electron chi connectivity index (χ2n) is 5.15. The van der Waals surface area contributed by atoms with E-state index in [-0.39, 0.29) is 6.42 Å². The van der Waals surface area contributed by atoms with E-state index in [1.165, 1.54) is 0 Å². The Kier molecular flexibility index (Phi) is 3.58. The lowest BCUT2D eigenvalue weighted by molar-refractivity contribution is -0.109. The Morgan fingerprint density at radius 1 is 1.68 bits per heavy atom. The molecule has 1 saturated carbocycles. The van der Waals surface area contributed by atoms with Gasteiger partial charge in [-0.2, -0.15) is 5.10 Å². The monoisotopic (exact) mass is 272 g/mol. The second kappa shape index (κ2) is 4.88. The predicted octanol–water partition coefficient (Wildman–Crippen LogP) is 0.988. The van der Waals surface area contributed by atoms with Crippen LogP contribution in [0.2, 0.25) is 0 Å². The first-order chi connectivity index (χ1) is 8.85. The van der Waals surface area contributed by atoms with Crippen LogP contribution in [-0.4, -0.2) is 42.1 Å². The molecule has 1 aliphatic rings. The maximum atomic E-state index is 13.1. The van der Waals surface area contributed by atoms with Crippen LogP contribution >= 0.6 is 0 Å². The maximum absolute atomic E-state index is 13.1. The van der Waals surface area contributed by atoms with Crippen LogP contribution in [0.15, 0.2) is 6.07 Å². The van der Waals surface area contributed by atoms with E-state index in [1.807, 2.05) is 19.0 Å². The fraction of sp³-hybridized carbons (Fsp3) is 0.667. The fourth-order valence-corrected chi connectivity index (χ4v) is 1.99. The number of aromatic nitrogens is 2. The maximum Gasteiger partial charge on any atom is 0.257 e. The first-order valence-corrected chi connectivity index (χ1v) is 6.19. The summed E-state index contributed by atoms with van der Waals surface area (Å²) < 4.78 is 27.8. The molecule has 0 spiro atoms. The molecule has 0 aromatic carbocycles. The third-order valence-corrected chi connectivity index (χ3v) is 3.27. The number of halogens is 2. The van der Waals surface area contributed by atoms with Gasteiger partial charge in [-0.1, -0.05) is 0 Å². The van der Waals surface area contributed by atoms with Crippen LogP contribution in [0.5, 0.6) is 0 Å². The van der Waals surface area contributed by atoms with Gasteiger partial charge in [0.25, 0.3) is 5.92 Å². The zero-order chi connectivity index (χ0) is 14.2. The Bertz CT molecular complexity index is 472. The Hall–Kier alpha value is -1.50. The SMILES string of the molecule is CN(C)c1cc(C2CC2(F)F)nn1CCC(N)C=O. The minimum absolute atomic E-state index is 0.134. The molecule has 2 unspecified atom stereocenters. The fourth-order valence-electron chi connectivity index (χ4n) is 1.99. The van der Waals surface area contributed by atoms with Crippen molar-refractivity contribution in [3.05, 3.63) is 11.8 Å². The third-order valence-electron chi connectivity index (χ3n) is 3.27. The summed E-state index contributed by atoms with van der Waals surface area (Å²) in [6, 6.07) is 1.13. The molecule has 1 aromatic heterocycles. The van der Waals surface area contributed by atoms with Crippen LogP contribution in [0, 0.1) is 0 Å². The molecule has 0 bridgehead atoms. The number of hydrogen-bond donors (Lipinski definition) is 1. The zero-order valence-corrected chi connectivity index (χ0v) is 11.0. The van der Waals surface area contributed by atoms with E-state index in [0.29, 0.717) is 24.9 Å². The van der Waals surface area contributed by atoms with Gasteiger partial charge in [-0.15, -0.1) is 0 Å². The number of carbonyl (C=O) groups excluding carboxylic acids is 1. The minimum Gasteiger partial charge on any atom is -0.363 e. The first-order valence-electron chi connectivity index (χ1n) is 6.19. The molecule has 0 amide bonds. The lowest BCUT2D eigenvalue weighted by Crippen LogP contribution is -2.24. The molecule has 2 N–H and O–H groups in total. The number of nitrogens with zero attached hydrogens (tertiary/aromatic N) is 3. The largest absolute Gasteiger partial charge is 0.363 e. The van der Waals surface area contributed by atoms with E-state index in [2.05, 4.69) is 5.10 Å². The normalized spacial score (nSPS) is 22.1. The van der Waals surface area contributed by atoms with Gasteiger partial charge in [0.2, 0.25) is 0 Å². The van der Waals surface area contributed by atoms with Gasteiger partial charge in [-0.05, 0) is 6.42 Å². The van der Waals surface area contributed by atoms with Crippen molar-refractivity contribution in [1.82, 2.24) is 9.78 Å². The summed E-state index contributed by atoms with van der Waals surface area (Å²) in [5.74, 6) is -2.65. The van der Waals surface area contributed by atoms with Crippen LogP contribution in [0.3, 0.4) is 0 Å². The molecule has 7 heteroatoms. The van der Waals surface area contributed by atoms with Crippen LogP contribution < -0.4 is 10.6 Å². The van der Waals surface area contributed by atoms with E-state index in [1.54, 1.807) is 10.7 Å². The number of aldehydes is 1. The van der Waals surface area contributed by atoms with E-state index < -0.39 is 17.9 Å². The van der Waals surface area contributed by atoms with Crippen LogP contribution in [0.4, 0.5) is 14.6 Å². The molecule has 1 heterocycles. The van der Waals surface area contributed by atoms with Crippen molar-refractivity contribution in [2.45, 2.75) is 37.3 Å². The zero-order valence-electron chi connectivity index (χ0n) is 11.0. The van der Waals surface area contributed by atoms with Crippen molar-refractivity contribution in [3.8, 4) is 0 Å². The summed E-state index contributed by atoms with van der Waals surface area (Å²) in [5.41, 5.74) is 5.94. The molecule has 0 radical (unpaired) electrons. The van der Waals surface area contributed by atoms with E-state index >= 15 is 0 Å². The summed E-state index contributed by atoms with van der Waals surface area (Å²) >= 11 is 0. The number of hydrogen-bond acceptors (Lipinski definition) is 4. The van der Waals surface area contributed by atoms with E-state index in [9.17, 15) is 13.6 Å². The summed E-state index contributed by atoms with van der Waals surface area (Å²) in [4.78, 5) is 12.3. The molecule has 2 atom stereocenters. The molecule has 1 aromatic rings. The summed E-state index contributed by atoms with van der Waals surface area (Å²) in [6.07, 6.45) is 0.978. The van der Waals surface area contributed by atoms with Crippen molar-refractivity contribution in [1.29, 1.82) is 0 Å². The lowest BCUT2D eigenvalue weighted by Gasteiger charge is -2.14. The van der Waals surface area contributed by atoms with Gasteiger partial charge in [0.15, 0.2) is 0 Å². The molecule has 1 fully saturated rings. The molecular weight excluding hydrogens is 254 g/mol. The molecule has 0 aliphatic heterocycles. The number of rotatable bonds is 6. The Morgan fingerprint density at radius 3 is 2.79 bits per heavy atom. The number of nitrogens with two attached hydrogens (primary N) is 1. The highest BCUT2D eigenvalue weighted by molar-refractivity contribution is 5.56. The van der Waals surface area contributed by atoms with Gasteiger partial charge < -0.3 is 15.4 Å². The van der Waals surface area contributed by atoms with Crippen molar-refractivity contribution in [2.75, 3.05) is 19.0 Å². The number of alkyl halides is 2. The number of anilines is 1. The van der Waals surface area contributed by atoms with Crippen molar-refractivity contribution in [3.63, 3.8) is 0 Å². The highest BCUT2D eigenvalue weighted by Gasteiger charge is 2.59. The molecule has 2 rings (SSSR count). The van der Waals surface area contributed by atoms with Gasteiger partial charge in [0.1, 0.15) is 12.1 Å². The standard InChI is InChI=1S/C12H18F2N4O/c1-17(2)11-5-10(9-6-12(9,13)14)16-18(11)4-3-8(15)7-19/h5,7-9H,3-4,6,15H2,1-2H3.